The summed E-state index contributed by atoms with van der Waals surface area (Å²) in [6, 6.07) is 9.12. The molecule has 0 aliphatic carbocycles. The summed E-state index contributed by atoms with van der Waals surface area (Å²) < 4.78 is 0. The van der Waals surface area contributed by atoms with Crippen LogP contribution in [0, 0.1) is 5.92 Å². The van der Waals surface area contributed by atoms with Gasteiger partial charge in [-0.15, -0.1) is 0 Å². The fourth-order valence-electron chi connectivity index (χ4n) is 1.78. The average molecular weight is 204 g/mol. The lowest BCUT2D eigenvalue weighted by Gasteiger charge is -2.07. The molecule has 0 atom stereocenters. The minimum Gasteiger partial charge on any atom is -0.0628 e. The van der Waals surface area contributed by atoms with Crippen LogP contribution in [0.15, 0.2) is 24.3 Å². The van der Waals surface area contributed by atoms with E-state index in [1.54, 1.807) is 0 Å². The Balaban J connectivity index is 2.43. The summed E-state index contributed by atoms with van der Waals surface area (Å²) in [4.78, 5) is 0. The van der Waals surface area contributed by atoms with Crippen molar-refractivity contribution in [1.82, 2.24) is 0 Å². The number of hydrogen-bond donors (Lipinski definition) is 0. The van der Waals surface area contributed by atoms with Crippen LogP contribution >= 0.6 is 0 Å². The van der Waals surface area contributed by atoms with Crippen LogP contribution in [0.5, 0.6) is 0 Å². The molecule has 0 aromatic heterocycles. The van der Waals surface area contributed by atoms with Gasteiger partial charge in [-0.1, -0.05) is 58.4 Å². The zero-order valence-corrected chi connectivity index (χ0v) is 10.6. The fourth-order valence-corrected chi connectivity index (χ4v) is 1.78. The SMILES string of the molecule is CC(C)CCCc1ccc(C(C)C)cc1. The third-order valence-corrected chi connectivity index (χ3v) is 2.89. The molecule has 0 saturated carbocycles. The van der Waals surface area contributed by atoms with Crippen LogP contribution in [0.1, 0.15) is 57.6 Å². The van der Waals surface area contributed by atoms with Gasteiger partial charge in [0.15, 0.2) is 0 Å². The lowest BCUT2D eigenvalue weighted by atomic mass is 9.98. The van der Waals surface area contributed by atoms with Crippen LogP contribution in [0.3, 0.4) is 0 Å². The van der Waals surface area contributed by atoms with Gasteiger partial charge in [0.1, 0.15) is 0 Å². The molecule has 0 N–H and O–H groups in total. The van der Waals surface area contributed by atoms with Gasteiger partial charge in [-0.25, -0.2) is 0 Å². The van der Waals surface area contributed by atoms with E-state index < -0.39 is 0 Å². The van der Waals surface area contributed by atoms with E-state index in [4.69, 9.17) is 0 Å². The summed E-state index contributed by atoms with van der Waals surface area (Å²) in [5.74, 6) is 1.48. The Morgan fingerprint density at radius 2 is 1.53 bits per heavy atom. The minimum absolute atomic E-state index is 0.648. The number of aryl methyl sites for hydroxylation is 1. The van der Waals surface area contributed by atoms with Crippen LogP contribution in [-0.4, -0.2) is 0 Å². The predicted octanol–water partition coefficient (Wildman–Crippen LogP) is 4.79. The van der Waals surface area contributed by atoms with E-state index in [0.717, 1.165) is 5.92 Å². The molecule has 0 nitrogen and oxygen atoms in total. The van der Waals surface area contributed by atoms with Gasteiger partial charge in [0.05, 0.1) is 0 Å². The maximum Gasteiger partial charge on any atom is -0.0219 e. The van der Waals surface area contributed by atoms with Gasteiger partial charge in [0, 0.05) is 0 Å². The largest absolute Gasteiger partial charge is 0.0628 e. The molecule has 0 saturated heterocycles. The molecule has 1 aromatic carbocycles. The molecule has 0 bridgehead atoms. The molecule has 0 heteroatoms. The van der Waals surface area contributed by atoms with Crippen molar-refractivity contribution >= 4 is 0 Å². The molecule has 0 aliphatic rings. The van der Waals surface area contributed by atoms with Crippen molar-refractivity contribution in [2.75, 3.05) is 0 Å². The maximum absolute atomic E-state index is 2.29. The molecule has 1 rings (SSSR count). The third kappa shape index (κ3) is 4.51. The van der Waals surface area contributed by atoms with Gasteiger partial charge in [-0.05, 0) is 35.8 Å². The molecule has 84 valence electrons. The van der Waals surface area contributed by atoms with Gasteiger partial charge in [0.25, 0.3) is 0 Å². The Bertz CT molecular complexity index is 267. The maximum atomic E-state index is 2.29. The number of rotatable bonds is 5. The first-order valence-corrected chi connectivity index (χ1v) is 6.18. The first-order chi connectivity index (χ1) is 7.09. The number of benzene rings is 1. The van der Waals surface area contributed by atoms with E-state index in [9.17, 15) is 0 Å². The van der Waals surface area contributed by atoms with Crippen LogP contribution in [0.25, 0.3) is 0 Å². The molecule has 15 heavy (non-hydrogen) atoms. The van der Waals surface area contributed by atoms with Crippen molar-refractivity contribution in [3.63, 3.8) is 0 Å². The second-order valence-electron chi connectivity index (χ2n) is 5.18. The van der Waals surface area contributed by atoms with Crippen molar-refractivity contribution in [2.24, 2.45) is 5.92 Å². The molecule has 0 aliphatic heterocycles. The second-order valence-corrected chi connectivity index (χ2v) is 5.18. The van der Waals surface area contributed by atoms with Crippen molar-refractivity contribution in [2.45, 2.75) is 52.9 Å². The number of hydrogen-bond acceptors (Lipinski definition) is 0. The molecular weight excluding hydrogens is 180 g/mol. The standard InChI is InChI=1S/C15H24/c1-12(2)6-5-7-14-8-10-15(11-9-14)13(3)4/h8-13H,5-7H2,1-4H3. The Morgan fingerprint density at radius 3 is 2.00 bits per heavy atom. The molecular formula is C15H24. The van der Waals surface area contributed by atoms with Crippen molar-refractivity contribution < 1.29 is 0 Å². The highest BCUT2D eigenvalue weighted by Gasteiger charge is 1.99. The van der Waals surface area contributed by atoms with Crippen molar-refractivity contribution in [1.29, 1.82) is 0 Å². The quantitative estimate of drug-likeness (QED) is 0.647. The molecule has 0 spiro atoms. The normalized spacial score (nSPS) is 11.3. The van der Waals surface area contributed by atoms with Gasteiger partial charge in [-0.2, -0.15) is 0 Å². The fraction of sp³-hybridized carbons (Fsp3) is 0.600. The van der Waals surface area contributed by atoms with Gasteiger partial charge < -0.3 is 0 Å². The summed E-state index contributed by atoms with van der Waals surface area (Å²) in [6.07, 6.45) is 3.89. The Labute approximate surface area is 94.7 Å². The van der Waals surface area contributed by atoms with Crippen molar-refractivity contribution in [3.05, 3.63) is 35.4 Å². The molecule has 0 fully saturated rings. The third-order valence-electron chi connectivity index (χ3n) is 2.89. The topological polar surface area (TPSA) is 0 Å². The van der Waals surface area contributed by atoms with E-state index in [0.29, 0.717) is 5.92 Å². The summed E-state index contributed by atoms with van der Waals surface area (Å²) >= 11 is 0. The highest BCUT2D eigenvalue weighted by molar-refractivity contribution is 5.24. The predicted molar refractivity (Wildman–Crippen MR) is 68.3 cm³/mol. The van der Waals surface area contributed by atoms with Gasteiger partial charge in [0.2, 0.25) is 0 Å². The van der Waals surface area contributed by atoms with Gasteiger partial charge >= 0.3 is 0 Å². The zero-order valence-electron chi connectivity index (χ0n) is 10.6. The summed E-state index contributed by atoms with van der Waals surface area (Å²) in [5.41, 5.74) is 2.93. The highest BCUT2D eigenvalue weighted by atomic mass is 14.1. The molecule has 0 radical (unpaired) electrons. The molecule has 0 heterocycles. The van der Waals surface area contributed by atoms with Crippen molar-refractivity contribution in [3.8, 4) is 0 Å². The lowest BCUT2D eigenvalue weighted by molar-refractivity contribution is 0.556. The van der Waals surface area contributed by atoms with E-state index in [1.807, 2.05) is 0 Å². The smallest absolute Gasteiger partial charge is 0.0219 e. The second kappa shape index (κ2) is 5.95. The average Bonchev–Trinajstić information content (AvgIpc) is 2.18. The Kier molecular flexibility index (Phi) is 4.87. The highest BCUT2D eigenvalue weighted by Crippen LogP contribution is 2.16. The van der Waals surface area contributed by atoms with Crippen LogP contribution in [0.2, 0.25) is 0 Å². The first kappa shape index (κ1) is 12.3. The molecule has 1 aromatic rings. The summed E-state index contributed by atoms with van der Waals surface area (Å²) in [5, 5.41) is 0. The zero-order chi connectivity index (χ0) is 11.3. The summed E-state index contributed by atoms with van der Waals surface area (Å²) in [6.45, 7) is 9.07. The van der Waals surface area contributed by atoms with E-state index in [1.165, 1.54) is 30.4 Å². The van der Waals surface area contributed by atoms with E-state index in [2.05, 4.69) is 52.0 Å². The lowest BCUT2D eigenvalue weighted by Crippen LogP contribution is -1.92. The van der Waals surface area contributed by atoms with Crippen LogP contribution < -0.4 is 0 Å². The van der Waals surface area contributed by atoms with E-state index >= 15 is 0 Å². The Morgan fingerprint density at radius 1 is 0.933 bits per heavy atom. The first-order valence-electron chi connectivity index (χ1n) is 6.18. The van der Waals surface area contributed by atoms with Crippen LogP contribution in [0.4, 0.5) is 0 Å². The van der Waals surface area contributed by atoms with Gasteiger partial charge in [-0.3, -0.25) is 0 Å². The summed E-state index contributed by atoms with van der Waals surface area (Å²) in [7, 11) is 0. The van der Waals surface area contributed by atoms with E-state index in [-0.39, 0.29) is 0 Å². The minimum atomic E-state index is 0.648. The molecule has 0 amide bonds. The monoisotopic (exact) mass is 204 g/mol. The molecule has 0 unspecified atom stereocenters. The Hall–Kier alpha value is -0.780. The van der Waals surface area contributed by atoms with Crippen LogP contribution in [-0.2, 0) is 6.42 Å².